The molecule has 0 bridgehead atoms. The van der Waals surface area contributed by atoms with Crippen LogP contribution in [0.15, 0.2) is 23.8 Å². The third kappa shape index (κ3) is 3.95. The predicted octanol–water partition coefficient (Wildman–Crippen LogP) is 5.28. The summed E-state index contributed by atoms with van der Waals surface area (Å²) in [6, 6.07) is 2.89. The Morgan fingerprint density at radius 1 is 1.32 bits per heavy atom. The topological polar surface area (TPSA) is 12.0 Å². The number of hydrogen-bond donors (Lipinski definition) is 1. The van der Waals surface area contributed by atoms with Crippen molar-refractivity contribution in [1.82, 2.24) is 5.32 Å². The largest absolute Gasteiger partial charge is 0.310 e. The maximum Gasteiger partial charge on any atom is 0.142 e. The first kappa shape index (κ1) is 14.8. The van der Waals surface area contributed by atoms with Crippen LogP contribution in [-0.4, -0.2) is 6.54 Å². The number of rotatable bonds is 5. The van der Waals surface area contributed by atoms with Crippen LogP contribution in [0.2, 0.25) is 10.0 Å². The number of halogens is 3. The summed E-state index contributed by atoms with van der Waals surface area (Å²) < 4.78 is 13.5. The lowest BCUT2D eigenvalue weighted by Gasteiger charge is -2.16. The smallest absolute Gasteiger partial charge is 0.142 e. The van der Waals surface area contributed by atoms with Crippen molar-refractivity contribution >= 4 is 23.2 Å². The van der Waals surface area contributed by atoms with Gasteiger partial charge in [-0.1, -0.05) is 34.9 Å². The Hall–Kier alpha value is -0.570. The van der Waals surface area contributed by atoms with Crippen molar-refractivity contribution in [3.05, 3.63) is 45.2 Å². The molecule has 0 saturated heterocycles. The second-order valence-electron chi connectivity index (χ2n) is 4.97. The Labute approximate surface area is 123 Å². The molecule has 0 aromatic heterocycles. The molecule has 1 unspecified atom stereocenters. The molecule has 104 valence electrons. The molecule has 1 aromatic rings. The fraction of sp³-hybridized carbons (Fsp3) is 0.467. The fourth-order valence-electron chi connectivity index (χ4n) is 2.39. The van der Waals surface area contributed by atoms with Crippen molar-refractivity contribution in [2.75, 3.05) is 6.54 Å². The van der Waals surface area contributed by atoms with Crippen LogP contribution in [0, 0.1) is 5.82 Å². The van der Waals surface area contributed by atoms with E-state index in [4.69, 9.17) is 23.2 Å². The zero-order chi connectivity index (χ0) is 13.8. The SMILES string of the molecule is CC(NCCC1=CCCC1)c1cc(F)c(Cl)cc1Cl. The number of hydrogen-bond acceptors (Lipinski definition) is 1. The van der Waals surface area contributed by atoms with Gasteiger partial charge < -0.3 is 5.32 Å². The van der Waals surface area contributed by atoms with E-state index in [1.54, 1.807) is 0 Å². The van der Waals surface area contributed by atoms with E-state index in [9.17, 15) is 4.39 Å². The first-order valence-corrected chi connectivity index (χ1v) is 7.39. The normalized spacial score (nSPS) is 16.5. The molecule has 0 saturated carbocycles. The molecule has 1 aromatic carbocycles. The monoisotopic (exact) mass is 301 g/mol. The lowest BCUT2D eigenvalue weighted by atomic mass is 10.1. The molecule has 0 spiro atoms. The van der Waals surface area contributed by atoms with Crippen molar-refractivity contribution in [2.45, 2.75) is 38.6 Å². The van der Waals surface area contributed by atoms with E-state index >= 15 is 0 Å². The van der Waals surface area contributed by atoms with Gasteiger partial charge in [0, 0.05) is 11.1 Å². The standard InChI is InChI=1S/C15H18Cl2FN/c1-10(19-7-6-11-4-2-3-5-11)12-8-15(18)14(17)9-13(12)16/h4,8-10,19H,2-3,5-7H2,1H3. The highest BCUT2D eigenvalue weighted by molar-refractivity contribution is 6.35. The average Bonchev–Trinajstić information content (AvgIpc) is 2.86. The van der Waals surface area contributed by atoms with E-state index in [1.807, 2.05) is 6.92 Å². The molecule has 1 aliphatic rings. The van der Waals surface area contributed by atoms with Gasteiger partial charge in [0.05, 0.1) is 5.02 Å². The van der Waals surface area contributed by atoms with Crippen molar-refractivity contribution < 1.29 is 4.39 Å². The summed E-state index contributed by atoms with van der Waals surface area (Å²) in [4.78, 5) is 0. The van der Waals surface area contributed by atoms with Gasteiger partial charge in [0.2, 0.25) is 0 Å². The number of allylic oxidation sites excluding steroid dienone is 1. The minimum atomic E-state index is -0.423. The Bertz CT molecular complexity index is 485. The Kier molecular flexibility index (Phi) is 5.26. The zero-order valence-electron chi connectivity index (χ0n) is 11.0. The van der Waals surface area contributed by atoms with Crippen molar-refractivity contribution in [3.63, 3.8) is 0 Å². The first-order valence-electron chi connectivity index (χ1n) is 6.63. The molecule has 0 radical (unpaired) electrons. The summed E-state index contributed by atoms with van der Waals surface area (Å²) in [6.07, 6.45) is 7.07. The second-order valence-corrected chi connectivity index (χ2v) is 5.78. The van der Waals surface area contributed by atoms with Crippen LogP contribution >= 0.6 is 23.2 Å². The fourth-order valence-corrected chi connectivity index (χ4v) is 2.94. The predicted molar refractivity (Wildman–Crippen MR) is 79.4 cm³/mol. The van der Waals surface area contributed by atoms with E-state index in [2.05, 4.69) is 11.4 Å². The van der Waals surface area contributed by atoms with Crippen molar-refractivity contribution in [2.24, 2.45) is 0 Å². The van der Waals surface area contributed by atoms with Crippen LogP contribution in [0.25, 0.3) is 0 Å². The first-order chi connectivity index (χ1) is 9.08. The van der Waals surface area contributed by atoms with Gasteiger partial charge >= 0.3 is 0 Å². The zero-order valence-corrected chi connectivity index (χ0v) is 12.5. The van der Waals surface area contributed by atoms with E-state index in [1.165, 1.54) is 37.0 Å². The summed E-state index contributed by atoms with van der Waals surface area (Å²) in [7, 11) is 0. The summed E-state index contributed by atoms with van der Waals surface area (Å²) in [5, 5.41) is 3.95. The molecule has 4 heteroatoms. The molecule has 0 heterocycles. The van der Waals surface area contributed by atoms with Crippen LogP contribution in [0.1, 0.15) is 44.2 Å². The molecule has 19 heavy (non-hydrogen) atoms. The average molecular weight is 302 g/mol. The van der Waals surface area contributed by atoms with Gasteiger partial charge in [0.15, 0.2) is 0 Å². The van der Waals surface area contributed by atoms with E-state index in [0.717, 1.165) is 18.5 Å². The maximum atomic E-state index is 13.5. The Morgan fingerprint density at radius 3 is 2.79 bits per heavy atom. The third-order valence-corrected chi connectivity index (χ3v) is 4.15. The van der Waals surface area contributed by atoms with E-state index in [-0.39, 0.29) is 11.1 Å². The number of nitrogens with one attached hydrogen (secondary N) is 1. The molecule has 2 rings (SSSR count). The van der Waals surface area contributed by atoms with Crippen LogP contribution in [0.3, 0.4) is 0 Å². The number of benzene rings is 1. The molecule has 1 aliphatic carbocycles. The molecular weight excluding hydrogens is 284 g/mol. The molecule has 0 fully saturated rings. The lowest BCUT2D eigenvalue weighted by molar-refractivity contribution is 0.564. The summed E-state index contributed by atoms with van der Waals surface area (Å²) in [5.74, 6) is -0.423. The lowest BCUT2D eigenvalue weighted by Crippen LogP contribution is -2.20. The van der Waals surface area contributed by atoms with Crippen LogP contribution in [-0.2, 0) is 0 Å². The van der Waals surface area contributed by atoms with Gasteiger partial charge in [0.1, 0.15) is 5.82 Å². The summed E-state index contributed by atoms with van der Waals surface area (Å²) >= 11 is 11.8. The highest BCUT2D eigenvalue weighted by Gasteiger charge is 2.13. The molecule has 1 atom stereocenters. The van der Waals surface area contributed by atoms with Crippen LogP contribution in [0.5, 0.6) is 0 Å². The molecule has 1 N–H and O–H groups in total. The molecule has 0 aliphatic heterocycles. The van der Waals surface area contributed by atoms with Crippen LogP contribution < -0.4 is 5.32 Å². The second kappa shape index (κ2) is 6.74. The van der Waals surface area contributed by atoms with E-state index < -0.39 is 5.82 Å². The Balaban J connectivity index is 1.92. The van der Waals surface area contributed by atoms with Gasteiger partial charge in [-0.3, -0.25) is 0 Å². The van der Waals surface area contributed by atoms with E-state index in [0.29, 0.717) is 5.02 Å². The minimum absolute atomic E-state index is 0.0151. The van der Waals surface area contributed by atoms with Gasteiger partial charge in [-0.2, -0.15) is 0 Å². The summed E-state index contributed by atoms with van der Waals surface area (Å²) in [5.41, 5.74) is 2.28. The third-order valence-electron chi connectivity index (χ3n) is 3.54. The highest BCUT2D eigenvalue weighted by atomic mass is 35.5. The highest BCUT2D eigenvalue weighted by Crippen LogP contribution is 2.28. The quantitative estimate of drug-likeness (QED) is 0.576. The van der Waals surface area contributed by atoms with Crippen molar-refractivity contribution in [1.29, 1.82) is 0 Å². The van der Waals surface area contributed by atoms with Crippen molar-refractivity contribution in [3.8, 4) is 0 Å². The Morgan fingerprint density at radius 2 is 2.11 bits per heavy atom. The van der Waals surface area contributed by atoms with Gasteiger partial charge in [0.25, 0.3) is 0 Å². The van der Waals surface area contributed by atoms with Gasteiger partial charge in [-0.25, -0.2) is 4.39 Å². The van der Waals surface area contributed by atoms with Gasteiger partial charge in [-0.15, -0.1) is 0 Å². The molecule has 1 nitrogen and oxygen atoms in total. The molecular formula is C15H18Cl2FN. The van der Waals surface area contributed by atoms with Gasteiger partial charge in [-0.05, 0) is 56.8 Å². The molecule has 0 amide bonds. The summed E-state index contributed by atoms with van der Waals surface area (Å²) in [6.45, 7) is 2.87. The minimum Gasteiger partial charge on any atom is -0.310 e. The van der Waals surface area contributed by atoms with Crippen LogP contribution in [0.4, 0.5) is 4.39 Å². The maximum absolute atomic E-state index is 13.5.